The monoisotopic (exact) mass is 306 g/mol. The van der Waals surface area contributed by atoms with Gasteiger partial charge in [-0.3, -0.25) is 9.20 Å². The molecule has 2 aromatic heterocycles. The van der Waals surface area contributed by atoms with Gasteiger partial charge in [-0.25, -0.2) is 4.98 Å². The third kappa shape index (κ3) is 2.06. The fourth-order valence-corrected chi connectivity index (χ4v) is 1.92. The van der Waals surface area contributed by atoms with Crippen LogP contribution in [0.2, 0.25) is 0 Å². The molecule has 0 bridgehead atoms. The first-order chi connectivity index (χ1) is 7.80. The Bertz CT molecular complexity index is 648. The molecule has 7 heteroatoms. The van der Waals surface area contributed by atoms with Gasteiger partial charge in [-0.1, -0.05) is 6.07 Å². The van der Waals surface area contributed by atoms with Crippen LogP contribution in [0, 0.1) is 6.92 Å². The molecule has 0 fully saturated rings. The largest absolute Gasteiger partial charge is 0.434 e. The van der Waals surface area contributed by atoms with Gasteiger partial charge in [0.05, 0.1) is 0 Å². The summed E-state index contributed by atoms with van der Waals surface area (Å²) in [5.74, 6) is 0. The minimum atomic E-state index is -4.66. The van der Waals surface area contributed by atoms with E-state index in [4.69, 9.17) is 0 Å². The van der Waals surface area contributed by atoms with E-state index in [1.54, 1.807) is 13.0 Å². The number of alkyl halides is 3. The van der Waals surface area contributed by atoms with Gasteiger partial charge >= 0.3 is 6.18 Å². The van der Waals surface area contributed by atoms with Crippen molar-refractivity contribution in [1.29, 1.82) is 0 Å². The second-order valence-electron chi connectivity index (χ2n) is 3.51. The molecule has 90 valence electrons. The van der Waals surface area contributed by atoms with Crippen molar-refractivity contribution in [2.45, 2.75) is 13.1 Å². The molecular weight excluding hydrogens is 301 g/mol. The number of rotatable bonds is 0. The molecule has 0 aliphatic carbocycles. The maximum Gasteiger partial charge on any atom is 0.434 e. The number of halogens is 4. The van der Waals surface area contributed by atoms with Crippen LogP contribution in [-0.2, 0) is 6.18 Å². The van der Waals surface area contributed by atoms with Crippen LogP contribution in [0.1, 0.15) is 11.3 Å². The van der Waals surface area contributed by atoms with Crippen molar-refractivity contribution in [2.75, 3.05) is 0 Å². The number of nitrogens with zero attached hydrogens (tertiary/aromatic N) is 2. The second-order valence-corrected chi connectivity index (χ2v) is 4.30. The molecule has 0 atom stereocenters. The molecule has 0 N–H and O–H groups in total. The number of hydrogen-bond acceptors (Lipinski definition) is 2. The molecule has 0 aliphatic rings. The molecule has 0 saturated heterocycles. The third-order valence-electron chi connectivity index (χ3n) is 2.18. The SMILES string of the molecule is Cc1ccc2nc(C(F)(F)F)c(Br)c(=O)n2c1. The van der Waals surface area contributed by atoms with E-state index in [-0.39, 0.29) is 5.65 Å². The highest BCUT2D eigenvalue weighted by molar-refractivity contribution is 9.10. The van der Waals surface area contributed by atoms with Crippen LogP contribution in [0.5, 0.6) is 0 Å². The summed E-state index contributed by atoms with van der Waals surface area (Å²) in [6.45, 7) is 1.73. The minimum absolute atomic E-state index is 0.0314. The Hall–Kier alpha value is -1.37. The summed E-state index contributed by atoms with van der Waals surface area (Å²) in [5.41, 5.74) is -1.25. The van der Waals surface area contributed by atoms with Gasteiger partial charge < -0.3 is 0 Å². The van der Waals surface area contributed by atoms with Crippen LogP contribution < -0.4 is 5.56 Å². The molecule has 0 radical (unpaired) electrons. The van der Waals surface area contributed by atoms with E-state index < -0.39 is 21.9 Å². The van der Waals surface area contributed by atoms with Gasteiger partial charge in [0.2, 0.25) is 0 Å². The molecule has 0 amide bonds. The quantitative estimate of drug-likeness (QED) is 0.750. The second kappa shape index (κ2) is 3.83. The molecule has 2 aromatic rings. The average molecular weight is 307 g/mol. The lowest BCUT2D eigenvalue weighted by atomic mass is 10.3. The average Bonchev–Trinajstić information content (AvgIpc) is 2.22. The fourth-order valence-electron chi connectivity index (χ4n) is 1.41. The number of aryl methyl sites for hydroxylation is 1. The Morgan fingerprint density at radius 2 is 2.00 bits per heavy atom. The van der Waals surface area contributed by atoms with Crippen LogP contribution in [-0.4, -0.2) is 9.38 Å². The van der Waals surface area contributed by atoms with Gasteiger partial charge in [0, 0.05) is 6.20 Å². The number of fused-ring (bicyclic) bond motifs is 1. The van der Waals surface area contributed by atoms with Gasteiger partial charge in [-0.15, -0.1) is 0 Å². The van der Waals surface area contributed by atoms with Crippen LogP contribution in [0.15, 0.2) is 27.6 Å². The first kappa shape index (κ1) is 12.1. The van der Waals surface area contributed by atoms with Gasteiger partial charge in [-0.2, -0.15) is 13.2 Å². The zero-order valence-corrected chi connectivity index (χ0v) is 10.1. The number of pyridine rings is 1. The zero-order valence-electron chi connectivity index (χ0n) is 8.55. The maximum absolute atomic E-state index is 12.6. The lowest BCUT2D eigenvalue weighted by Crippen LogP contribution is -2.22. The Labute approximate surface area is 102 Å². The van der Waals surface area contributed by atoms with Crippen molar-refractivity contribution < 1.29 is 13.2 Å². The highest BCUT2D eigenvalue weighted by atomic mass is 79.9. The minimum Gasteiger partial charge on any atom is -0.268 e. The molecule has 2 heterocycles. The van der Waals surface area contributed by atoms with E-state index in [1.807, 2.05) is 0 Å². The predicted octanol–water partition coefficient (Wildman–Crippen LogP) is 2.78. The third-order valence-corrected chi connectivity index (χ3v) is 2.90. The van der Waals surface area contributed by atoms with E-state index in [0.29, 0.717) is 0 Å². The highest BCUT2D eigenvalue weighted by Gasteiger charge is 2.36. The summed E-state index contributed by atoms with van der Waals surface area (Å²) < 4.78 is 38.3. The van der Waals surface area contributed by atoms with Crippen LogP contribution in [0.4, 0.5) is 13.2 Å². The maximum atomic E-state index is 12.6. The van der Waals surface area contributed by atoms with Crippen molar-refractivity contribution in [3.8, 4) is 0 Å². The molecule has 3 nitrogen and oxygen atoms in total. The molecule has 17 heavy (non-hydrogen) atoms. The Kier molecular flexibility index (Phi) is 2.73. The predicted molar refractivity (Wildman–Crippen MR) is 58.9 cm³/mol. The number of hydrogen-bond donors (Lipinski definition) is 0. The van der Waals surface area contributed by atoms with Gasteiger partial charge in [0.25, 0.3) is 5.56 Å². The molecule has 0 spiro atoms. The summed E-state index contributed by atoms with van der Waals surface area (Å²) >= 11 is 2.65. The van der Waals surface area contributed by atoms with Crippen molar-refractivity contribution in [3.63, 3.8) is 0 Å². The van der Waals surface area contributed by atoms with Gasteiger partial charge in [-0.05, 0) is 34.5 Å². The highest BCUT2D eigenvalue weighted by Crippen LogP contribution is 2.31. The van der Waals surface area contributed by atoms with E-state index >= 15 is 0 Å². The first-order valence-corrected chi connectivity index (χ1v) is 5.36. The van der Waals surface area contributed by atoms with Crippen molar-refractivity contribution in [2.24, 2.45) is 0 Å². The lowest BCUT2D eigenvalue weighted by molar-refractivity contribution is -0.141. The van der Waals surface area contributed by atoms with Crippen molar-refractivity contribution >= 4 is 21.6 Å². The smallest absolute Gasteiger partial charge is 0.268 e. The topological polar surface area (TPSA) is 34.4 Å². The summed E-state index contributed by atoms with van der Waals surface area (Å²) in [6.07, 6.45) is -3.22. The van der Waals surface area contributed by atoms with Crippen molar-refractivity contribution in [1.82, 2.24) is 9.38 Å². The summed E-state index contributed by atoms with van der Waals surface area (Å²) in [7, 11) is 0. The summed E-state index contributed by atoms with van der Waals surface area (Å²) in [5, 5.41) is 0. The van der Waals surface area contributed by atoms with Gasteiger partial charge in [0.1, 0.15) is 10.1 Å². The molecule has 2 rings (SSSR count). The number of aromatic nitrogens is 2. The fraction of sp³-hybridized carbons (Fsp3) is 0.200. The molecule has 0 unspecified atom stereocenters. The Morgan fingerprint density at radius 3 is 2.59 bits per heavy atom. The van der Waals surface area contributed by atoms with Crippen LogP contribution in [0.25, 0.3) is 5.65 Å². The van der Waals surface area contributed by atoms with Crippen molar-refractivity contribution in [3.05, 3.63) is 44.4 Å². The van der Waals surface area contributed by atoms with E-state index in [1.165, 1.54) is 12.3 Å². The Morgan fingerprint density at radius 1 is 1.35 bits per heavy atom. The normalized spacial score (nSPS) is 12.1. The van der Waals surface area contributed by atoms with E-state index in [9.17, 15) is 18.0 Å². The zero-order chi connectivity index (χ0) is 12.8. The van der Waals surface area contributed by atoms with Gasteiger partial charge in [0.15, 0.2) is 5.69 Å². The first-order valence-electron chi connectivity index (χ1n) is 4.56. The molecule has 0 saturated carbocycles. The van der Waals surface area contributed by atoms with E-state index in [2.05, 4.69) is 20.9 Å². The summed E-state index contributed by atoms with van der Waals surface area (Å²) in [6, 6.07) is 2.97. The molecule has 0 aliphatic heterocycles. The molecule has 0 aromatic carbocycles. The van der Waals surface area contributed by atoms with Crippen LogP contribution >= 0.6 is 15.9 Å². The lowest BCUT2D eigenvalue weighted by Gasteiger charge is -2.09. The van der Waals surface area contributed by atoms with E-state index in [0.717, 1.165) is 9.96 Å². The summed E-state index contributed by atoms with van der Waals surface area (Å²) in [4.78, 5) is 15.2. The molecular formula is C10H6BrF3N2O. The van der Waals surface area contributed by atoms with Crippen LogP contribution in [0.3, 0.4) is 0 Å². The standard InChI is InChI=1S/C10H6BrF3N2O/c1-5-2-3-6-15-8(10(12,13)14)7(11)9(17)16(6)4-5/h2-4H,1H3. The Balaban J connectivity index is 2.90.